The first-order chi connectivity index (χ1) is 10.1. The Morgan fingerprint density at radius 1 is 1.05 bits per heavy atom. The van der Waals surface area contributed by atoms with Gasteiger partial charge in [0.25, 0.3) is 0 Å². The lowest BCUT2D eigenvalue weighted by Crippen LogP contribution is -2.12. The molecule has 5 heteroatoms. The lowest BCUT2D eigenvalue weighted by atomic mass is 10.1. The third-order valence-corrected chi connectivity index (χ3v) is 2.88. The van der Waals surface area contributed by atoms with Crippen LogP contribution in [-0.4, -0.2) is 22.2 Å². The first-order valence-corrected chi connectivity index (χ1v) is 6.30. The number of aliphatic hydroxyl groups is 1. The molecule has 1 atom stereocenters. The minimum Gasteiger partial charge on any atom is -0.479 e. The summed E-state index contributed by atoms with van der Waals surface area (Å²) in [4.78, 5) is 22.6. The van der Waals surface area contributed by atoms with Crippen LogP contribution < -0.4 is 0 Å². The van der Waals surface area contributed by atoms with Crippen LogP contribution in [0.4, 0.5) is 0 Å². The molecule has 2 N–H and O–H groups in total. The molecule has 0 saturated heterocycles. The maximum atomic E-state index is 11.9. The van der Waals surface area contributed by atoms with Crippen LogP contribution in [0.15, 0.2) is 54.6 Å². The van der Waals surface area contributed by atoms with Crippen molar-refractivity contribution in [1.29, 1.82) is 0 Å². The van der Waals surface area contributed by atoms with Gasteiger partial charge >= 0.3 is 11.9 Å². The number of carbonyl (C=O) groups is 2. The van der Waals surface area contributed by atoms with Crippen LogP contribution in [0.2, 0.25) is 0 Å². The summed E-state index contributed by atoms with van der Waals surface area (Å²) in [5.41, 5.74) is 1.19. The second-order valence-electron chi connectivity index (χ2n) is 4.43. The molecule has 0 heterocycles. The van der Waals surface area contributed by atoms with Crippen molar-refractivity contribution in [2.45, 2.75) is 12.7 Å². The van der Waals surface area contributed by atoms with Crippen molar-refractivity contribution < 1.29 is 24.5 Å². The van der Waals surface area contributed by atoms with E-state index in [-0.39, 0.29) is 17.7 Å². The molecule has 0 aliphatic carbocycles. The summed E-state index contributed by atoms with van der Waals surface area (Å²) < 4.78 is 5.14. The smallest absolute Gasteiger partial charge is 0.338 e. The highest BCUT2D eigenvalue weighted by Gasteiger charge is 2.17. The van der Waals surface area contributed by atoms with Crippen LogP contribution in [0.25, 0.3) is 0 Å². The number of rotatable bonds is 5. The number of aliphatic carboxylic acids is 1. The molecular formula is C16H14O5. The first kappa shape index (κ1) is 14.7. The third-order valence-electron chi connectivity index (χ3n) is 2.88. The maximum absolute atomic E-state index is 11.9. The second kappa shape index (κ2) is 6.67. The van der Waals surface area contributed by atoms with Crippen LogP contribution in [0, 0.1) is 0 Å². The van der Waals surface area contributed by atoms with E-state index in [2.05, 4.69) is 0 Å². The Morgan fingerprint density at radius 3 is 2.43 bits per heavy atom. The number of carbonyl (C=O) groups excluding carboxylic acids is 1. The summed E-state index contributed by atoms with van der Waals surface area (Å²) in [5, 5.41) is 18.2. The van der Waals surface area contributed by atoms with E-state index in [0.29, 0.717) is 0 Å². The van der Waals surface area contributed by atoms with Gasteiger partial charge < -0.3 is 14.9 Å². The van der Waals surface area contributed by atoms with Gasteiger partial charge in [0, 0.05) is 0 Å². The predicted octanol–water partition coefficient (Wildman–Crippen LogP) is 2.16. The summed E-state index contributed by atoms with van der Waals surface area (Å²) >= 11 is 0. The monoisotopic (exact) mass is 286 g/mol. The Balaban J connectivity index is 2.06. The number of ether oxygens (including phenoxy) is 1. The highest BCUT2D eigenvalue weighted by atomic mass is 16.5. The Kier molecular flexibility index (Phi) is 4.68. The number of aliphatic hydroxyl groups excluding tert-OH is 1. The Hall–Kier alpha value is -2.66. The maximum Gasteiger partial charge on any atom is 0.338 e. The molecule has 0 aliphatic rings. The van der Waals surface area contributed by atoms with Crippen LogP contribution >= 0.6 is 0 Å². The zero-order valence-electron chi connectivity index (χ0n) is 11.1. The fourth-order valence-corrected chi connectivity index (χ4v) is 1.78. The Bertz CT molecular complexity index is 636. The van der Waals surface area contributed by atoms with Crippen molar-refractivity contribution >= 4 is 11.9 Å². The van der Waals surface area contributed by atoms with Gasteiger partial charge in [0.1, 0.15) is 6.61 Å². The topological polar surface area (TPSA) is 83.8 Å². The van der Waals surface area contributed by atoms with Crippen molar-refractivity contribution in [3.63, 3.8) is 0 Å². The third kappa shape index (κ3) is 3.90. The Labute approximate surface area is 121 Å². The number of benzene rings is 2. The van der Waals surface area contributed by atoms with Crippen molar-refractivity contribution in [2.24, 2.45) is 0 Å². The van der Waals surface area contributed by atoms with Gasteiger partial charge in [-0.1, -0.05) is 42.5 Å². The molecule has 0 aliphatic heterocycles. The fourth-order valence-electron chi connectivity index (χ4n) is 1.78. The van der Waals surface area contributed by atoms with Gasteiger partial charge in [0.15, 0.2) is 6.10 Å². The number of carboxylic acids is 1. The van der Waals surface area contributed by atoms with E-state index >= 15 is 0 Å². The van der Waals surface area contributed by atoms with Gasteiger partial charge in [0.2, 0.25) is 0 Å². The van der Waals surface area contributed by atoms with E-state index in [4.69, 9.17) is 9.84 Å². The van der Waals surface area contributed by atoms with Gasteiger partial charge in [-0.2, -0.15) is 0 Å². The largest absolute Gasteiger partial charge is 0.479 e. The molecule has 0 amide bonds. The van der Waals surface area contributed by atoms with E-state index in [1.807, 2.05) is 30.3 Å². The van der Waals surface area contributed by atoms with Crippen LogP contribution in [-0.2, 0) is 16.1 Å². The summed E-state index contributed by atoms with van der Waals surface area (Å²) in [5.74, 6) is -1.94. The standard InChI is InChI=1S/C16H14O5/c17-14(15(18)19)12-7-4-8-13(9-12)16(20)21-10-11-5-2-1-3-6-11/h1-9,14,17H,10H2,(H,18,19). The zero-order chi connectivity index (χ0) is 15.2. The van der Waals surface area contributed by atoms with Gasteiger partial charge in [0.05, 0.1) is 5.56 Å². The van der Waals surface area contributed by atoms with Crippen molar-refractivity contribution in [3.8, 4) is 0 Å². The summed E-state index contributed by atoms with van der Waals surface area (Å²) in [6.07, 6.45) is -1.66. The second-order valence-corrected chi connectivity index (χ2v) is 4.43. The van der Waals surface area contributed by atoms with Gasteiger partial charge in [-0.15, -0.1) is 0 Å². The van der Waals surface area contributed by atoms with Crippen LogP contribution in [0.1, 0.15) is 27.6 Å². The average Bonchev–Trinajstić information content (AvgIpc) is 2.53. The molecule has 5 nitrogen and oxygen atoms in total. The van der Waals surface area contributed by atoms with E-state index in [1.54, 1.807) is 0 Å². The number of carboxylic acid groups (broad SMARTS) is 1. The van der Waals surface area contributed by atoms with Gasteiger partial charge in [-0.05, 0) is 23.3 Å². The van der Waals surface area contributed by atoms with Crippen molar-refractivity contribution in [3.05, 3.63) is 71.3 Å². The quantitative estimate of drug-likeness (QED) is 0.823. The van der Waals surface area contributed by atoms with E-state index in [9.17, 15) is 14.7 Å². The normalized spacial score (nSPS) is 11.7. The molecule has 0 aromatic heterocycles. The molecule has 21 heavy (non-hydrogen) atoms. The average molecular weight is 286 g/mol. The number of hydrogen-bond acceptors (Lipinski definition) is 4. The molecule has 0 radical (unpaired) electrons. The molecule has 108 valence electrons. The van der Waals surface area contributed by atoms with Crippen molar-refractivity contribution in [2.75, 3.05) is 0 Å². The molecule has 2 aromatic rings. The minimum absolute atomic E-state index is 0.130. The lowest BCUT2D eigenvalue weighted by Gasteiger charge is -2.08. The van der Waals surface area contributed by atoms with Crippen LogP contribution in [0.5, 0.6) is 0 Å². The lowest BCUT2D eigenvalue weighted by molar-refractivity contribution is -0.146. The summed E-state index contributed by atoms with van der Waals surface area (Å²) in [6, 6.07) is 15.0. The number of hydrogen-bond donors (Lipinski definition) is 2. The van der Waals surface area contributed by atoms with Gasteiger partial charge in [-0.3, -0.25) is 0 Å². The minimum atomic E-state index is -1.66. The molecule has 0 spiro atoms. The van der Waals surface area contributed by atoms with Crippen molar-refractivity contribution in [1.82, 2.24) is 0 Å². The molecule has 2 aromatic carbocycles. The molecule has 0 bridgehead atoms. The molecule has 2 rings (SSSR count). The molecule has 1 unspecified atom stereocenters. The molecular weight excluding hydrogens is 272 g/mol. The van der Waals surface area contributed by atoms with Gasteiger partial charge in [-0.25, -0.2) is 9.59 Å². The predicted molar refractivity (Wildman–Crippen MR) is 74.6 cm³/mol. The zero-order valence-corrected chi connectivity index (χ0v) is 11.1. The molecule has 0 fully saturated rings. The highest BCUT2D eigenvalue weighted by Crippen LogP contribution is 2.16. The number of esters is 1. The SMILES string of the molecule is O=C(OCc1ccccc1)c1cccc(C(O)C(=O)O)c1. The fraction of sp³-hybridized carbons (Fsp3) is 0.125. The first-order valence-electron chi connectivity index (χ1n) is 6.30. The van der Waals surface area contributed by atoms with E-state index < -0.39 is 18.0 Å². The summed E-state index contributed by atoms with van der Waals surface area (Å²) in [6.45, 7) is 0.130. The Morgan fingerprint density at radius 2 is 1.76 bits per heavy atom. The van der Waals surface area contributed by atoms with E-state index in [1.165, 1.54) is 24.3 Å². The highest BCUT2D eigenvalue weighted by molar-refractivity contribution is 5.90. The van der Waals surface area contributed by atoms with E-state index in [0.717, 1.165) is 5.56 Å². The summed E-state index contributed by atoms with van der Waals surface area (Å²) in [7, 11) is 0. The van der Waals surface area contributed by atoms with Crippen LogP contribution in [0.3, 0.4) is 0 Å². The molecule has 0 saturated carbocycles.